The van der Waals surface area contributed by atoms with Gasteiger partial charge in [-0.1, -0.05) is 6.07 Å². The van der Waals surface area contributed by atoms with E-state index in [0.717, 1.165) is 49.4 Å². The van der Waals surface area contributed by atoms with Crippen molar-refractivity contribution in [2.45, 2.75) is 44.6 Å². The molecule has 0 saturated heterocycles. The molecule has 0 atom stereocenters. The summed E-state index contributed by atoms with van der Waals surface area (Å²) in [6, 6.07) is 8.22. The number of hydrogen-bond acceptors (Lipinski definition) is 4. The maximum absolute atomic E-state index is 6.40. The van der Waals surface area contributed by atoms with Gasteiger partial charge in [0.2, 0.25) is 0 Å². The van der Waals surface area contributed by atoms with Gasteiger partial charge in [-0.3, -0.25) is 9.98 Å². The van der Waals surface area contributed by atoms with Gasteiger partial charge in [0.1, 0.15) is 0 Å². The third kappa shape index (κ3) is 4.74. The lowest BCUT2D eigenvalue weighted by molar-refractivity contribution is 0.198. The zero-order valence-corrected chi connectivity index (χ0v) is 17.2. The fourth-order valence-corrected chi connectivity index (χ4v) is 3.82. The molecule has 0 amide bonds. The van der Waals surface area contributed by atoms with Crippen molar-refractivity contribution in [2.24, 2.45) is 4.99 Å². The standard InChI is InChI=1S/C21H24N2O2.2ClH/c1-24-20-9-8-17-18(21(20)25-16-6-2-3-7-16)10-12-23-19(17)13-15-5-4-11-22-14-15;;/h4-5,8-9,11,14,16H,2-3,6-7,10,12-13H2,1H3;2*1H. The Kier molecular flexibility index (Phi) is 7.93. The van der Waals surface area contributed by atoms with Gasteiger partial charge >= 0.3 is 0 Å². The molecule has 1 saturated carbocycles. The summed E-state index contributed by atoms with van der Waals surface area (Å²) >= 11 is 0. The van der Waals surface area contributed by atoms with Crippen molar-refractivity contribution >= 4 is 30.5 Å². The fourth-order valence-electron chi connectivity index (χ4n) is 3.82. The van der Waals surface area contributed by atoms with Crippen LogP contribution in [0.1, 0.15) is 42.4 Å². The molecular weight excluding hydrogens is 383 g/mol. The Bertz CT molecular complexity index is 775. The number of methoxy groups -OCH3 is 1. The minimum Gasteiger partial charge on any atom is -0.493 e. The number of halogens is 2. The van der Waals surface area contributed by atoms with Crippen LogP contribution in [0.2, 0.25) is 0 Å². The van der Waals surface area contributed by atoms with E-state index in [1.165, 1.54) is 29.5 Å². The monoisotopic (exact) mass is 408 g/mol. The molecule has 27 heavy (non-hydrogen) atoms. The van der Waals surface area contributed by atoms with Gasteiger partial charge in [0, 0.05) is 42.2 Å². The third-order valence-electron chi connectivity index (χ3n) is 5.10. The van der Waals surface area contributed by atoms with Gasteiger partial charge in [0.25, 0.3) is 0 Å². The smallest absolute Gasteiger partial charge is 0.165 e. The largest absolute Gasteiger partial charge is 0.493 e. The van der Waals surface area contributed by atoms with Crippen molar-refractivity contribution in [3.05, 3.63) is 53.3 Å². The first-order valence-corrected chi connectivity index (χ1v) is 9.14. The molecule has 0 radical (unpaired) electrons. The summed E-state index contributed by atoms with van der Waals surface area (Å²) in [5.74, 6) is 1.78. The molecule has 4 rings (SSSR count). The lowest BCUT2D eigenvalue weighted by Gasteiger charge is -2.24. The van der Waals surface area contributed by atoms with Crippen LogP contribution in [0, 0.1) is 0 Å². The SMILES string of the molecule is COc1ccc2c(c1OC1CCCC1)CCN=C2Cc1cccnc1.Cl.Cl. The van der Waals surface area contributed by atoms with E-state index in [0.29, 0.717) is 6.10 Å². The molecule has 2 aromatic rings. The van der Waals surface area contributed by atoms with Crippen molar-refractivity contribution in [2.75, 3.05) is 13.7 Å². The summed E-state index contributed by atoms with van der Waals surface area (Å²) in [5, 5.41) is 0. The number of hydrogen-bond donors (Lipinski definition) is 0. The maximum Gasteiger partial charge on any atom is 0.165 e. The molecule has 1 aliphatic heterocycles. The minimum absolute atomic E-state index is 0. The number of aromatic nitrogens is 1. The Balaban J connectivity index is 0.00000131. The topological polar surface area (TPSA) is 43.7 Å². The summed E-state index contributed by atoms with van der Waals surface area (Å²) in [6.07, 6.45) is 10.6. The molecule has 2 aliphatic rings. The molecule has 0 bridgehead atoms. The Labute approximate surface area is 173 Å². The molecule has 4 nitrogen and oxygen atoms in total. The number of benzene rings is 1. The van der Waals surface area contributed by atoms with E-state index in [2.05, 4.69) is 17.1 Å². The Hall–Kier alpha value is -1.78. The van der Waals surface area contributed by atoms with E-state index in [4.69, 9.17) is 14.5 Å². The number of pyridine rings is 1. The summed E-state index contributed by atoms with van der Waals surface area (Å²) in [6.45, 7) is 0.802. The van der Waals surface area contributed by atoms with Gasteiger partial charge in [-0.15, -0.1) is 24.8 Å². The Morgan fingerprint density at radius 3 is 2.63 bits per heavy atom. The lowest BCUT2D eigenvalue weighted by atomic mass is 9.93. The molecule has 1 aliphatic carbocycles. The molecule has 146 valence electrons. The quantitative estimate of drug-likeness (QED) is 0.710. The van der Waals surface area contributed by atoms with E-state index in [9.17, 15) is 0 Å². The van der Waals surface area contributed by atoms with Gasteiger partial charge in [0.05, 0.1) is 13.2 Å². The minimum atomic E-state index is 0. The Morgan fingerprint density at radius 2 is 1.93 bits per heavy atom. The van der Waals surface area contributed by atoms with Gasteiger partial charge in [-0.25, -0.2) is 0 Å². The van der Waals surface area contributed by atoms with Crippen LogP contribution in [0.5, 0.6) is 11.5 Å². The van der Waals surface area contributed by atoms with Crippen molar-refractivity contribution < 1.29 is 9.47 Å². The highest BCUT2D eigenvalue weighted by Crippen LogP contribution is 2.38. The molecule has 1 aromatic carbocycles. The van der Waals surface area contributed by atoms with Crippen LogP contribution in [0.15, 0.2) is 41.7 Å². The molecule has 1 aromatic heterocycles. The highest BCUT2D eigenvalue weighted by molar-refractivity contribution is 6.04. The Morgan fingerprint density at radius 1 is 1.11 bits per heavy atom. The maximum atomic E-state index is 6.40. The fraction of sp³-hybridized carbons (Fsp3) is 0.429. The molecule has 0 N–H and O–H groups in total. The normalized spacial score (nSPS) is 15.8. The second-order valence-corrected chi connectivity index (χ2v) is 6.76. The van der Waals surface area contributed by atoms with Crippen molar-refractivity contribution in [3.8, 4) is 11.5 Å². The highest BCUT2D eigenvalue weighted by Gasteiger charge is 2.25. The lowest BCUT2D eigenvalue weighted by Crippen LogP contribution is -2.19. The van der Waals surface area contributed by atoms with Crippen molar-refractivity contribution in [1.82, 2.24) is 4.98 Å². The number of rotatable bonds is 5. The van der Waals surface area contributed by atoms with Crippen LogP contribution in [0.25, 0.3) is 0 Å². The zero-order chi connectivity index (χ0) is 17.1. The van der Waals surface area contributed by atoms with Gasteiger partial charge in [0.15, 0.2) is 11.5 Å². The molecule has 0 spiro atoms. The van der Waals surface area contributed by atoms with Crippen LogP contribution >= 0.6 is 24.8 Å². The van der Waals surface area contributed by atoms with Crippen LogP contribution in [-0.4, -0.2) is 30.5 Å². The number of fused-ring (bicyclic) bond motifs is 1. The second-order valence-electron chi connectivity index (χ2n) is 6.76. The molecule has 6 heteroatoms. The van der Waals surface area contributed by atoms with Crippen LogP contribution in [-0.2, 0) is 12.8 Å². The van der Waals surface area contributed by atoms with Crippen molar-refractivity contribution in [3.63, 3.8) is 0 Å². The van der Waals surface area contributed by atoms with Crippen LogP contribution in [0.3, 0.4) is 0 Å². The predicted molar refractivity (Wildman–Crippen MR) is 113 cm³/mol. The van der Waals surface area contributed by atoms with E-state index in [1.807, 2.05) is 18.3 Å². The molecule has 0 unspecified atom stereocenters. The van der Waals surface area contributed by atoms with E-state index < -0.39 is 0 Å². The average Bonchev–Trinajstić information content (AvgIpc) is 3.16. The highest BCUT2D eigenvalue weighted by atomic mass is 35.5. The average molecular weight is 409 g/mol. The van der Waals surface area contributed by atoms with E-state index >= 15 is 0 Å². The first-order valence-electron chi connectivity index (χ1n) is 9.14. The number of nitrogens with zero attached hydrogens (tertiary/aromatic N) is 2. The summed E-state index contributed by atoms with van der Waals surface area (Å²) in [4.78, 5) is 9.01. The zero-order valence-electron chi connectivity index (χ0n) is 15.5. The number of aliphatic imine (C=N–C) groups is 1. The number of ether oxygens (including phenoxy) is 2. The summed E-state index contributed by atoms with van der Waals surface area (Å²) in [5.41, 5.74) is 4.75. The van der Waals surface area contributed by atoms with Crippen LogP contribution < -0.4 is 9.47 Å². The third-order valence-corrected chi connectivity index (χ3v) is 5.10. The summed E-state index contributed by atoms with van der Waals surface area (Å²) < 4.78 is 12.0. The van der Waals surface area contributed by atoms with E-state index in [1.54, 1.807) is 13.3 Å². The predicted octanol–water partition coefficient (Wildman–Crippen LogP) is 4.84. The molecule has 1 fully saturated rings. The van der Waals surface area contributed by atoms with E-state index in [-0.39, 0.29) is 24.8 Å². The molecule has 2 heterocycles. The second kappa shape index (κ2) is 9.95. The summed E-state index contributed by atoms with van der Waals surface area (Å²) in [7, 11) is 1.72. The van der Waals surface area contributed by atoms with Gasteiger partial charge in [-0.2, -0.15) is 0 Å². The first kappa shape index (κ1) is 21.5. The van der Waals surface area contributed by atoms with Crippen LogP contribution in [0.4, 0.5) is 0 Å². The van der Waals surface area contributed by atoms with Crippen molar-refractivity contribution in [1.29, 1.82) is 0 Å². The molecular formula is C21H26Cl2N2O2. The van der Waals surface area contributed by atoms with Gasteiger partial charge in [-0.05, 0) is 55.9 Å². The van der Waals surface area contributed by atoms with Gasteiger partial charge < -0.3 is 9.47 Å². The first-order chi connectivity index (χ1) is 12.3.